The molecule has 0 amide bonds. The first-order chi connectivity index (χ1) is 8.70. The first kappa shape index (κ1) is 12.8. The van der Waals surface area contributed by atoms with Crippen LogP contribution in [-0.4, -0.2) is 27.6 Å². The van der Waals surface area contributed by atoms with Gasteiger partial charge in [-0.05, 0) is 19.8 Å². The lowest BCUT2D eigenvalue weighted by molar-refractivity contribution is 0.0689. The van der Waals surface area contributed by atoms with E-state index >= 15 is 0 Å². The largest absolute Gasteiger partial charge is 0.477 e. The van der Waals surface area contributed by atoms with E-state index in [0.717, 1.165) is 19.4 Å². The molecule has 0 radical (unpaired) electrons. The van der Waals surface area contributed by atoms with E-state index in [9.17, 15) is 4.79 Å². The number of nitrogens with zero attached hydrogens (tertiary/aromatic N) is 2. The quantitative estimate of drug-likeness (QED) is 0.858. The third-order valence-corrected chi connectivity index (χ3v) is 3.29. The van der Waals surface area contributed by atoms with Crippen molar-refractivity contribution in [3.05, 3.63) is 17.6 Å². The highest BCUT2D eigenvalue weighted by Gasteiger charge is 2.20. The molecule has 0 aliphatic heterocycles. The molecule has 1 aromatic rings. The van der Waals surface area contributed by atoms with Gasteiger partial charge < -0.3 is 10.4 Å². The molecule has 0 aromatic carbocycles. The molecule has 0 spiro atoms. The van der Waals surface area contributed by atoms with Crippen molar-refractivity contribution < 1.29 is 9.90 Å². The van der Waals surface area contributed by atoms with Crippen LogP contribution >= 0.6 is 0 Å². The Labute approximate surface area is 107 Å². The fourth-order valence-corrected chi connectivity index (χ4v) is 2.39. The van der Waals surface area contributed by atoms with Crippen LogP contribution in [0.5, 0.6) is 0 Å². The summed E-state index contributed by atoms with van der Waals surface area (Å²) in [6.07, 6.45) is 5.75. The predicted octanol–water partition coefficient (Wildman–Crippen LogP) is 2.65. The normalized spacial score (nSPS) is 16.5. The van der Waals surface area contributed by atoms with Crippen molar-refractivity contribution in [3.63, 3.8) is 0 Å². The Bertz CT molecular complexity index is 428. The predicted molar refractivity (Wildman–Crippen MR) is 69.0 cm³/mol. The van der Waals surface area contributed by atoms with Crippen LogP contribution < -0.4 is 5.32 Å². The van der Waals surface area contributed by atoms with Gasteiger partial charge in [-0.3, -0.25) is 0 Å². The van der Waals surface area contributed by atoms with Gasteiger partial charge in [0.15, 0.2) is 5.69 Å². The minimum absolute atomic E-state index is 0.0847. The number of nitrogens with one attached hydrogen (secondary N) is 1. The summed E-state index contributed by atoms with van der Waals surface area (Å²) in [4.78, 5) is 19.7. The van der Waals surface area contributed by atoms with E-state index in [-0.39, 0.29) is 5.69 Å². The number of rotatable bonds is 4. The summed E-state index contributed by atoms with van der Waals surface area (Å²) in [5.41, 5.74) is 0.0847. The van der Waals surface area contributed by atoms with Crippen molar-refractivity contribution in [3.8, 4) is 0 Å². The molecular weight excluding hydrogens is 230 g/mol. The molecule has 0 atom stereocenters. The van der Waals surface area contributed by atoms with Crippen molar-refractivity contribution in [1.29, 1.82) is 0 Å². The Morgan fingerprint density at radius 1 is 1.39 bits per heavy atom. The van der Waals surface area contributed by atoms with Gasteiger partial charge in [-0.1, -0.05) is 19.3 Å². The van der Waals surface area contributed by atoms with Gasteiger partial charge in [0.2, 0.25) is 0 Å². The number of aromatic nitrogens is 2. The lowest BCUT2D eigenvalue weighted by Crippen LogP contribution is -2.14. The molecule has 98 valence electrons. The molecule has 1 heterocycles. The highest BCUT2D eigenvalue weighted by Crippen LogP contribution is 2.31. The molecule has 5 heteroatoms. The zero-order chi connectivity index (χ0) is 13.0. The number of carbonyl (C=O) groups is 1. The molecule has 5 nitrogen and oxygen atoms in total. The number of aromatic carboxylic acids is 1. The van der Waals surface area contributed by atoms with E-state index in [0.29, 0.717) is 17.6 Å². The van der Waals surface area contributed by atoms with E-state index in [1.807, 2.05) is 6.92 Å². The molecule has 1 aromatic heterocycles. The summed E-state index contributed by atoms with van der Waals surface area (Å²) < 4.78 is 0. The van der Waals surface area contributed by atoms with Crippen molar-refractivity contribution in [2.24, 2.45) is 0 Å². The van der Waals surface area contributed by atoms with Crippen LogP contribution in [0.15, 0.2) is 6.07 Å². The van der Waals surface area contributed by atoms with Gasteiger partial charge in [0, 0.05) is 18.5 Å². The summed E-state index contributed by atoms with van der Waals surface area (Å²) in [5, 5.41) is 12.2. The SMILES string of the molecule is CCNc1cc(C(=O)O)nc(C2CCCCC2)n1. The number of hydrogen-bond donors (Lipinski definition) is 2. The second-order valence-electron chi connectivity index (χ2n) is 4.67. The number of carboxylic acids is 1. The second kappa shape index (κ2) is 5.80. The molecule has 2 N–H and O–H groups in total. The zero-order valence-electron chi connectivity index (χ0n) is 10.6. The maximum absolute atomic E-state index is 11.1. The second-order valence-corrected chi connectivity index (χ2v) is 4.67. The van der Waals surface area contributed by atoms with Crippen LogP contribution in [0, 0.1) is 0 Å². The molecule has 1 aliphatic carbocycles. The van der Waals surface area contributed by atoms with Gasteiger partial charge in [-0.15, -0.1) is 0 Å². The average Bonchev–Trinajstić information content (AvgIpc) is 2.40. The number of carboxylic acid groups (broad SMARTS) is 1. The lowest BCUT2D eigenvalue weighted by atomic mass is 9.88. The van der Waals surface area contributed by atoms with E-state index in [4.69, 9.17) is 5.11 Å². The van der Waals surface area contributed by atoms with Gasteiger partial charge in [0.25, 0.3) is 0 Å². The van der Waals surface area contributed by atoms with E-state index in [1.54, 1.807) is 0 Å². The van der Waals surface area contributed by atoms with Crippen LogP contribution in [0.4, 0.5) is 5.82 Å². The lowest BCUT2D eigenvalue weighted by Gasteiger charge is -2.20. The van der Waals surface area contributed by atoms with Crippen molar-refractivity contribution in [1.82, 2.24) is 9.97 Å². The Morgan fingerprint density at radius 3 is 2.72 bits per heavy atom. The summed E-state index contributed by atoms with van der Waals surface area (Å²) >= 11 is 0. The zero-order valence-corrected chi connectivity index (χ0v) is 10.6. The fraction of sp³-hybridized carbons (Fsp3) is 0.615. The maximum atomic E-state index is 11.1. The first-order valence-electron chi connectivity index (χ1n) is 6.57. The third-order valence-electron chi connectivity index (χ3n) is 3.29. The molecule has 18 heavy (non-hydrogen) atoms. The average molecular weight is 249 g/mol. The van der Waals surface area contributed by atoms with Crippen molar-refractivity contribution in [2.75, 3.05) is 11.9 Å². The Morgan fingerprint density at radius 2 is 2.11 bits per heavy atom. The van der Waals surface area contributed by atoms with Crippen LogP contribution in [0.3, 0.4) is 0 Å². The van der Waals surface area contributed by atoms with Gasteiger partial charge >= 0.3 is 5.97 Å². The summed E-state index contributed by atoms with van der Waals surface area (Å²) in [5.74, 6) is 0.625. The molecule has 1 fully saturated rings. The minimum atomic E-state index is -0.992. The fourth-order valence-electron chi connectivity index (χ4n) is 2.39. The van der Waals surface area contributed by atoms with Gasteiger partial charge in [0.05, 0.1) is 0 Å². The summed E-state index contributed by atoms with van der Waals surface area (Å²) in [6, 6.07) is 1.50. The molecule has 1 aliphatic rings. The smallest absolute Gasteiger partial charge is 0.354 e. The topological polar surface area (TPSA) is 75.1 Å². The highest BCUT2D eigenvalue weighted by atomic mass is 16.4. The third kappa shape index (κ3) is 2.97. The van der Waals surface area contributed by atoms with Crippen LogP contribution in [0.25, 0.3) is 0 Å². The molecule has 2 rings (SSSR count). The first-order valence-corrected chi connectivity index (χ1v) is 6.57. The van der Waals surface area contributed by atoms with Crippen LogP contribution in [0.2, 0.25) is 0 Å². The van der Waals surface area contributed by atoms with Gasteiger partial charge in [-0.2, -0.15) is 0 Å². The monoisotopic (exact) mass is 249 g/mol. The summed E-state index contributed by atoms with van der Waals surface area (Å²) in [7, 11) is 0. The van der Waals surface area contributed by atoms with Crippen LogP contribution in [-0.2, 0) is 0 Å². The van der Waals surface area contributed by atoms with Crippen molar-refractivity contribution >= 4 is 11.8 Å². The molecule has 0 unspecified atom stereocenters. The van der Waals surface area contributed by atoms with Crippen molar-refractivity contribution in [2.45, 2.75) is 44.9 Å². The summed E-state index contributed by atoms with van der Waals surface area (Å²) in [6.45, 7) is 2.68. The standard InChI is InChI=1S/C13H19N3O2/c1-2-14-11-8-10(13(17)18)15-12(16-11)9-6-4-3-5-7-9/h8-9H,2-7H2,1H3,(H,17,18)(H,14,15,16). The van der Waals surface area contributed by atoms with E-state index in [1.165, 1.54) is 25.3 Å². The molecular formula is C13H19N3O2. The maximum Gasteiger partial charge on any atom is 0.354 e. The van der Waals surface area contributed by atoms with E-state index in [2.05, 4.69) is 15.3 Å². The highest BCUT2D eigenvalue weighted by molar-refractivity contribution is 5.86. The Balaban J connectivity index is 2.29. The van der Waals surface area contributed by atoms with Crippen LogP contribution in [0.1, 0.15) is 61.3 Å². The number of anilines is 1. The molecule has 0 saturated heterocycles. The Hall–Kier alpha value is -1.65. The van der Waals surface area contributed by atoms with E-state index < -0.39 is 5.97 Å². The minimum Gasteiger partial charge on any atom is -0.477 e. The van der Waals surface area contributed by atoms with Gasteiger partial charge in [-0.25, -0.2) is 14.8 Å². The van der Waals surface area contributed by atoms with Gasteiger partial charge in [0.1, 0.15) is 11.6 Å². The number of hydrogen-bond acceptors (Lipinski definition) is 4. The molecule has 0 bridgehead atoms. The molecule has 1 saturated carbocycles. The Kier molecular flexibility index (Phi) is 4.12.